The zero-order chi connectivity index (χ0) is 15.7. The molecule has 2 aromatic carbocycles. The molecular formula is C15H13F4NO. The van der Waals surface area contributed by atoms with E-state index < -0.39 is 23.5 Å². The molecule has 2 nitrogen and oxygen atoms in total. The van der Waals surface area contributed by atoms with Gasteiger partial charge in [0.05, 0.1) is 5.54 Å². The van der Waals surface area contributed by atoms with Crippen molar-refractivity contribution in [2.24, 2.45) is 5.73 Å². The number of hydrogen-bond donors (Lipinski definition) is 1. The van der Waals surface area contributed by atoms with Crippen LogP contribution in [0.4, 0.5) is 17.6 Å². The summed E-state index contributed by atoms with van der Waals surface area (Å²) in [6.07, 6.45) is -4.85. The largest absolute Gasteiger partial charge is 0.573 e. The van der Waals surface area contributed by atoms with Crippen LogP contribution in [0.3, 0.4) is 0 Å². The summed E-state index contributed by atoms with van der Waals surface area (Å²) in [4.78, 5) is 0. The maximum absolute atomic E-state index is 13.9. The molecule has 0 fully saturated rings. The van der Waals surface area contributed by atoms with Crippen molar-refractivity contribution < 1.29 is 22.3 Å². The van der Waals surface area contributed by atoms with Crippen molar-refractivity contribution in [1.82, 2.24) is 0 Å². The van der Waals surface area contributed by atoms with Gasteiger partial charge in [0.15, 0.2) is 0 Å². The summed E-state index contributed by atoms with van der Waals surface area (Å²) in [5, 5.41) is 0. The van der Waals surface area contributed by atoms with Crippen LogP contribution in [0, 0.1) is 5.82 Å². The summed E-state index contributed by atoms with van der Waals surface area (Å²) in [6.45, 7) is 1.43. The van der Waals surface area contributed by atoms with Crippen molar-refractivity contribution in [3.8, 4) is 5.75 Å². The molecule has 112 valence electrons. The Balaban J connectivity index is 2.53. The molecular weight excluding hydrogens is 286 g/mol. The third-order valence-corrected chi connectivity index (χ3v) is 3.11. The summed E-state index contributed by atoms with van der Waals surface area (Å²) < 4.78 is 55.2. The Morgan fingerprint density at radius 2 is 1.43 bits per heavy atom. The maximum Gasteiger partial charge on any atom is 0.573 e. The lowest BCUT2D eigenvalue weighted by Gasteiger charge is -2.28. The molecule has 1 unspecified atom stereocenters. The standard InChI is InChI=1S/C15H13F4NO/c1-14(20,10-6-2-4-8-12(10)16)11-7-3-5-9-13(11)21-15(17,18)19/h2-9H,20H2,1H3. The fraction of sp³-hybridized carbons (Fsp3) is 0.200. The third kappa shape index (κ3) is 3.33. The molecule has 0 spiro atoms. The molecule has 0 heterocycles. The predicted molar refractivity (Wildman–Crippen MR) is 70.2 cm³/mol. The van der Waals surface area contributed by atoms with Crippen LogP contribution in [0.1, 0.15) is 18.1 Å². The predicted octanol–water partition coefficient (Wildman–Crippen LogP) is 3.95. The minimum atomic E-state index is -4.85. The molecule has 0 saturated carbocycles. The highest BCUT2D eigenvalue weighted by molar-refractivity contribution is 5.45. The second kappa shape index (κ2) is 5.37. The van der Waals surface area contributed by atoms with Crippen molar-refractivity contribution >= 4 is 0 Å². The number of rotatable bonds is 3. The average Bonchev–Trinajstić information content (AvgIpc) is 2.37. The summed E-state index contributed by atoms with van der Waals surface area (Å²) in [5.41, 5.74) is 4.76. The fourth-order valence-electron chi connectivity index (χ4n) is 2.14. The van der Waals surface area contributed by atoms with Gasteiger partial charge in [-0.1, -0.05) is 36.4 Å². The monoisotopic (exact) mass is 299 g/mol. The van der Waals surface area contributed by atoms with E-state index >= 15 is 0 Å². The molecule has 2 N–H and O–H groups in total. The first kappa shape index (κ1) is 15.3. The number of para-hydroxylation sites is 1. The average molecular weight is 299 g/mol. The van der Waals surface area contributed by atoms with Gasteiger partial charge >= 0.3 is 6.36 Å². The van der Waals surface area contributed by atoms with Gasteiger partial charge in [-0.15, -0.1) is 13.2 Å². The second-order valence-electron chi connectivity index (χ2n) is 4.73. The van der Waals surface area contributed by atoms with Gasteiger partial charge in [-0.25, -0.2) is 4.39 Å². The minimum Gasteiger partial charge on any atom is -0.405 e. The molecule has 2 aromatic rings. The quantitative estimate of drug-likeness (QED) is 0.871. The Hall–Kier alpha value is -2.08. The zero-order valence-electron chi connectivity index (χ0n) is 11.1. The van der Waals surface area contributed by atoms with Gasteiger partial charge in [-0.3, -0.25) is 0 Å². The first-order valence-electron chi connectivity index (χ1n) is 6.11. The molecule has 0 radical (unpaired) electrons. The number of halogens is 4. The lowest BCUT2D eigenvalue weighted by atomic mass is 9.85. The molecule has 0 aliphatic heterocycles. The van der Waals surface area contributed by atoms with E-state index in [1.807, 2.05) is 0 Å². The normalized spacial score (nSPS) is 14.6. The fourth-order valence-corrected chi connectivity index (χ4v) is 2.14. The van der Waals surface area contributed by atoms with Crippen LogP contribution in [0.5, 0.6) is 5.75 Å². The van der Waals surface area contributed by atoms with Crippen LogP contribution in [0.25, 0.3) is 0 Å². The maximum atomic E-state index is 13.9. The van der Waals surface area contributed by atoms with Gasteiger partial charge in [-0.05, 0) is 19.1 Å². The summed E-state index contributed by atoms with van der Waals surface area (Å²) in [6, 6.07) is 11.1. The van der Waals surface area contributed by atoms with Crippen molar-refractivity contribution in [3.05, 3.63) is 65.5 Å². The van der Waals surface area contributed by atoms with Gasteiger partial charge in [0.25, 0.3) is 0 Å². The van der Waals surface area contributed by atoms with Crippen LogP contribution in [-0.4, -0.2) is 6.36 Å². The smallest absolute Gasteiger partial charge is 0.405 e. The van der Waals surface area contributed by atoms with E-state index in [1.165, 1.54) is 43.3 Å². The van der Waals surface area contributed by atoms with E-state index in [0.717, 1.165) is 6.07 Å². The molecule has 0 saturated heterocycles. The van der Waals surface area contributed by atoms with Crippen molar-refractivity contribution in [1.29, 1.82) is 0 Å². The number of ether oxygens (including phenoxy) is 1. The Kier molecular flexibility index (Phi) is 3.91. The van der Waals surface area contributed by atoms with Crippen molar-refractivity contribution in [2.75, 3.05) is 0 Å². The molecule has 0 bridgehead atoms. The topological polar surface area (TPSA) is 35.2 Å². The van der Waals surface area contributed by atoms with Crippen LogP contribution in [0.2, 0.25) is 0 Å². The molecule has 0 aliphatic carbocycles. The Morgan fingerprint density at radius 1 is 0.905 bits per heavy atom. The lowest BCUT2D eigenvalue weighted by molar-refractivity contribution is -0.275. The Labute approximate surface area is 119 Å². The first-order valence-corrected chi connectivity index (χ1v) is 6.11. The van der Waals surface area contributed by atoms with Crippen LogP contribution >= 0.6 is 0 Å². The van der Waals surface area contributed by atoms with E-state index in [4.69, 9.17) is 5.73 Å². The molecule has 1 atom stereocenters. The highest BCUT2D eigenvalue weighted by Gasteiger charge is 2.36. The van der Waals surface area contributed by atoms with E-state index in [9.17, 15) is 17.6 Å². The summed E-state index contributed by atoms with van der Waals surface area (Å²) in [7, 11) is 0. The van der Waals surface area contributed by atoms with Gasteiger partial charge in [0, 0.05) is 11.1 Å². The lowest BCUT2D eigenvalue weighted by Crippen LogP contribution is -2.36. The third-order valence-electron chi connectivity index (χ3n) is 3.11. The van der Waals surface area contributed by atoms with Crippen LogP contribution < -0.4 is 10.5 Å². The highest BCUT2D eigenvalue weighted by Crippen LogP contribution is 2.36. The van der Waals surface area contributed by atoms with Crippen molar-refractivity contribution in [3.63, 3.8) is 0 Å². The van der Waals surface area contributed by atoms with Gasteiger partial charge < -0.3 is 10.5 Å². The SMILES string of the molecule is CC(N)(c1ccccc1F)c1ccccc1OC(F)(F)F. The van der Waals surface area contributed by atoms with Gasteiger partial charge in [0.1, 0.15) is 11.6 Å². The molecule has 0 aliphatic rings. The molecule has 0 aromatic heterocycles. The second-order valence-corrected chi connectivity index (χ2v) is 4.73. The molecule has 0 amide bonds. The van der Waals surface area contributed by atoms with Crippen LogP contribution in [-0.2, 0) is 5.54 Å². The summed E-state index contributed by atoms with van der Waals surface area (Å²) >= 11 is 0. The number of benzene rings is 2. The minimum absolute atomic E-state index is 0.0485. The number of alkyl halides is 3. The Morgan fingerprint density at radius 3 is 2.00 bits per heavy atom. The highest BCUT2D eigenvalue weighted by atomic mass is 19.4. The van der Waals surface area contributed by atoms with Crippen LogP contribution in [0.15, 0.2) is 48.5 Å². The first-order chi connectivity index (χ1) is 9.72. The van der Waals surface area contributed by atoms with Gasteiger partial charge in [-0.2, -0.15) is 0 Å². The summed E-state index contributed by atoms with van der Waals surface area (Å²) in [5.74, 6) is -1.04. The van der Waals surface area contributed by atoms with E-state index in [-0.39, 0.29) is 11.1 Å². The van der Waals surface area contributed by atoms with E-state index in [0.29, 0.717) is 0 Å². The van der Waals surface area contributed by atoms with E-state index in [1.54, 1.807) is 6.07 Å². The van der Waals surface area contributed by atoms with E-state index in [2.05, 4.69) is 4.74 Å². The number of hydrogen-bond acceptors (Lipinski definition) is 2. The van der Waals surface area contributed by atoms with Gasteiger partial charge in [0.2, 0.25) is 0 Å². The number of nitrogens with two attached hydrogens (primary N) is 1. The molecule has 6 heteroatoms. The molecule has 21 heavy (non-hydrogen) atoms. The molecule has 2 rings (SSSR count). The Bertz CT molecular complexity index is 638. The van der Waals surface area contributed by atoms with Crippen molar-refractivity contribution in [2.45, 2.75) is 18.8 Å². The zero-order valence-corrected chi connectivity index (χ0v) is 11.1.